The second kappa shape index (κ2) is 14.7. The Balaban J connectivity index is 2.44. The van der Waals surface area contributed by atoms with Gasteiger partial charge in [-0.2, -0.15) is 0 Å². The smallest absolute Gasteiger partial charge is 0.274 e. The molecule has 0 spiro atoms. The van der Waals surface area contributed by atoms with Crippen molar-refractivity contribution in [3.8, 4) is 0 Å². The summed E-state index contributed by atoms with van der Waals surface area (Å²) in [6, 6.07) is 1.79. The zero-order chi connectivity index (χ0) is 26.5. The fourth-order valence-corrected chi connectivity index (χ4v) is 4.53. The third-order valence-corrected chi connectivity index (χ3v) is 6.57. The SMILES string of the molecule is C=C/C=C(\C=C)Nc1cc(/C(C=C)=C(C)/C(=C\C=C)NC(=O)C2CCCCCCCC2)cn(C)c1=O. The standard InChI is InChI=1S/C31H41N3O2/c1-7-17-26(9-3)32-29-21-25(22-34(6)31(29)36)27(10-4)23(5)28(18-8-2)33-30(35)24-19-15-13-11-12-14-16-20-24/h7-10,17-18,21-22,24,32H,1-4,11-16,19-20H2,5-6H3,(H,33,35)/b26-17+,27-23+,28-18+. The fourth-order valence-electron chi connectivity index (χ4n) is 4.53. The first-order valence-electron chi connectivity index (χ1n) is 12.8. The van der Waals surface area contributed by atoms with Crippen LogP contribution < -0.4 is 16.2 Å². The van der Waals surface area contributed by atoms with E-state index in [1.807, 2.05) is 13.0 Å². The van der Waals surface area contributed by atoms with E-state index in [0.29, 0.717) is 17.1 Å². The number of anilines is 1. The van der Waals surface area contributed by atoms with Crippen molar-refractivity contribution in [2.75, 3.05) is 5.32 Å². The van der Waals surface area contributed by atoms with E-state index >= 15 is 0 Å². The van der Waals surface area contributed by atoms with Gasteiger partial charge in [0.1, 0.15) is 5.69 Å². The lowest BCUT2D eigenvalue weighted by atomic mass is 9.95. The number of rotatable bonds is 10. The third kappa shape index (κ3) is 7.98. The molecule has 0 bridgehead atoms. The van der Waals surface area contributed by atoms with Gasteiger partial charge in [-0.25, -0.2) is 0 Å². The second-order valence-electron chi connectivity index (χ2n) is 9.19. The molecule has 0 unspecified atom stereocenters. The van der Waals surface area contributed by atoms with E-state index in [9.17, 15) is 9.59 Å². The monoisotopic (exact) mass is 487 g/mol. The van der Waals surface area contributed by atoms with Crippen molar-refractivity contribution < 1.29 is 4.79 Å². The van der Waals surface area contributed by atoms with Crippen LogP contribution in [0.4, 0.5) is 5.69 Å². The highest BCUT2D eigenvalue weighted by molar-refractivity contribution is 5.85. The summed E-state index contributed by atoms with van der Waals surface area (Å²) in [5.74, 6) is 0.0689. The zero-order valence-electron chi connectivity index (χ0n) is 21.9. The van der Waals surface area contributed by atoms with Crippen molar-refractivity contribution in [1.29, 1.82) is 0 Å². The Morgan fingerprint density at radius 3 is 2.14 bits per heavy atom. The van der Waals surface area contributed by atoms with Crippen LogP contribution >= 0.6 is 0 Å². The van der Waals surface area contributed by atoms with Gasteiger partial charge in [-0.05, 0) is 55.2 Å². The summed E-state index contributed by atoms with van der Waals surface area (Å²) in [4.78, 5) is 26.0. The van der Waals surface area contributed by atoms with Crippen molar-refractivity contribution in [3.63, 3.8) is 0 Å². The van der Waals surface area contributed by atoms with Gasteiger partial charge in [-0.1, -0.05) is 83.1 Å². The van der Waals surface area contributed by atoms with Crippen molar-refractivity contribution in [2.45, 2.75) is 58.3 Å². The van der Waals surface area contributed by atoms with E-state index < -0.39 is 0 Å². The maximum atomic E-state index is 13.3. The number of allylic oxidation sites excluding steroid dienone is 8. The summed E-state index contributed by atoms with van der Waals surface area (Å²) in [6.45, 7) is 17.3. The van der Waals surface area contributed by atoms with Gasteiger partial charge < -0.3 is 15.2 Å². The molecule has 1 fully saturated rings. The Hall–Kier alpha value is -3.60. The number of carbonyl (C=O) groups is 1. The van der Waals surface area contributed by atoms with Crippen LogP contribution in [0, 0.1) is 5.92 Å². The average Bonchev–Trinajstić information content (AvgIpc) is 3.00. The molecule has 2 N–H and O–H groups in total. The number of nitrogens with one attached hydrogen (secondary N) is 2. The number of aromatic nitrogens is 1. The third-order valence-electron chi connectivity index (χ3n) is 6.57. The van der Waals surface area contributed by atoms with Gasteiger partial charge in [-0.3, -0.25) is 9.59 Å². The van der Waals surface area contributed by atoms with Crippen LogP contribution in [0.3, 0.4) is 0 Å². The number of amides is 1. The van der Waals surface area contributed by atoms with Gasteiger partial charge in [-0.15, -0.1) is 0 Å². The molecule has 0 atom stereocenters. The molecule has 1 aliphatic rings. The second-order valence-corrected chi connectivity index (χ2v) is 9.19. The summed E-state index contributed by atoms with van der Waals surface area (Å²) < 4.78 is 1.52. The first-order chi connectivity index (χ1) is 17.4. The average molecular weight is 488 g/mol. The number of carbonyl (C=O) groups excluding carboxylic acids is 1. The molecule has 36 heavy (non-hydrogen) atoms. The van der Waals surface area contributed by atoms with Crippen molar-refractivity contribution in [3.05, 3.63) is 108 Å². The summed E-state index contributed by atoms with van der Waals surface area (Å²) in [5, 5.41) is 6.29. The number of hydrogen-bond donors (Lipinski definition) is 2. The van der Waals surface area contributed by atoms with E-state index in [2.05, 4.69) is 36.9 Å². The minimum atomic E-state index is -0.174. The summed E-state index contributed by atoms with van der Waals surface area (Å²) >= 11 is 0. The number of pyridine rings is 1. The Morgan fingerprint density at radius 1 is 0.972 bits per heavy atom. The number of aryl methyl sites for hydroxylation is 1. The zero-order valence-corrected chi connectivity index (χ0v) is 21.9. The molecule has 0 aromatic carbocycles. The summed E-state index contributed by atoms with van der Waals surface area (Å²) in [7, 11) is 1.71. The largest absolute Gasteiger partial charge is 0.351 e. The van der Waals surface area contributed by atoms with Crippen molar-refractivity contribution in [2.24, 2.45) is 13.0 Å². The van der Waals surface area contributed by atoms with Gasteiger partial charge in [0.25, 0.3) is 5.56 Å². The van der Waals surface area contributed by atoms with Crippen molar-refractivity contribution in [1.82, 2.24) is 9.88 Å². The Morgan fingerprint density at radius 2 is 1.58 bits per heavy atom. The highest BCUT2D eigenvalue weighted by Crippen LogP contribution is 2.27. The highest BCUT2D eigenvalue weighted by atomic mass is 16.2. The maximum Gasteiger partial charge on any atom is 0.274 e. The lowest BCUT2D eigenvalue weighted by Crippen LogP contribution is -2.31. The lowest BCUT2D eigenvalue weighted by molar-refractivity contribution is -0.124. The predicted octanol–water partition coefficient (Wildman–Crippen LogP) is 6.95. The molecule has 1 amide bonds. The number of nitrogens with zero attached hydrogens (tertiary/aromatic N) is 1. The van der Waals surface area contributed by atoms with E-state index in [0.717, 1.165) is 42.4 Å². The quantitative estimate of drug-likeness (QED) is 0.351. The van der Waals surface area contributed by atoms with E-state index in [-0.39, 0.29) is 17.4 Å². The van der Waals surface area contributed by atoms with E-state index in [1.54, 1.807) is 49.7 Å². The lowest BCUT2D eigenvalue weighted by Gasteiger charge is -2.20. The Bertz CT molecular complexity index is 1120. The first kappa shape index (κ1) is 28.6. The molecule has 1 aliphatic carbocycles. The normalized spacial score (nSPS) is 16.5. The van der Waals surface area contributed by atoms with Crippen LogP contribution in [0.15, 0.2) is 96.8 Å². The highest BCUT2D eigenvalue weighted by Gasteiger charge is 2.21. The predicted molar refractivity (Wildman–Crippen MR) is 153 cm³/mol. The molecular formula is C31H41N3O2. The fraction of sp³-hybridized carbons (Fsp3) is 0.355. The Labute approximate surface area is 216 Å². The molecule has 2 rings (SSSR count). The van der Waals surface area contributed by atoms with Gasteiger partial charge in [0.15, 0.2) is 0 Å². The van der Waals surface area contributed by atoms with Crippen LogP contribution in [0.2, 0.25) is 0 Å². The summed E-state index contributed by atoms with van der Waals surface area (Å²) in [5.41, 5.74) is 4.02. The van der Waals surface area contributed by atoms with E-state index in [1.165, 1.54) is 30.3 Å². The molecule has 0 aliphatic heterocycles. The topological polar surface area (TPSA) is 63.1 Å². The van der Waals surface area contributed by atoms with Gasteiger partial charge in [0, 0.05) is 36.1 Å². The van der Waals surface area contributed by atoms with Crippen LogP contribution in [0.5, 0.6) is 0 Å². The molecular weight excluding hydrogens is 446 g/mol. The molecule has 5 nitrogen and oxygen atoms in total. The van der Waals surface area contributed by atoms with E-state index in [4.69, 9.17) is 0 Å². The van der Waals surface area contributed by atoms with Crippen LogP contribution in [-0.4, -0.2) is 10.5 Å². The molecule has 1 aromatic heterocycles. The van der Waals surface area contributed by atoms with Gasteiger partial charge >= 0.3 is 0 Å². The maximum absolute atomic E-state index is 13.3. The molecule has 192 valence electrons. The van der Waals surface area contributed by atoms with Gasteiger partial charge in [0.05, 0.1) is 0 Å². The Kier molecular flexibility index (Phi) is 11.7. The minimum absolute atomic E-state index is 0.0126. The molecule has 1 heterocycles. The summed E-state index contributed by atoms with van der Waals surface area (Å²) in [6.07, 6.45) is 20.9. The molecule has 5 heteroatoms. The molecule has 1 saturated carbocycles. The molecule has 0 saturated heterocycles. The number of hydrogen-bond acceptors (Lipinski definition) is 3. The van der Waals surface area contributed by atoms with Crippen LogP contribution in [0.25, 0.3) is 5.57 Å². The molecule has 0 radical (unpaired) electrons. The minimum Gasteiger partial charge on any atom is -0.351 e. The van der Waals surface area contributed by atoms with Crippen molar-refractivity contribution >= 4 is 17.2 Å². The van der Waals surface area contributed by atoms with Crippen LogP contribution in [0.1, 0.15) is 63.9 Å². The van der Waals surface area contributed by atoms with Gasteiger partial charge in [0.2, 0.25) is 5.91 Å². The van der Waals surface area contributed by atoms with Crippen LogP contribution in [-0.2, 0) is 11.8 Å². The molecule has 1 aromatic rings. The first-order valence-corrected chi connectivity index (χ1v) is 12.8.